The van der Waals surface area contributed by atoms with Crippen LogP contribution in [0.1, 0.15) is 23.3 Å². The zero-order valence-corrected chi connectivity index (χ0v) is 11.1. The van der Waals surface area contributed by atoms with Crippen LogP contribution in [0.15, 0.2) is 18.3 Å². The Balaban J connectivity index is 1.84. The van der Waals surface area contributed by atoms with E-state index < -0.39 is 23.4 Å². The molecule has 110 valence electrons. The number of carbonyl (C=O) groups excluding carboxylic acids is 3. The van der Waals surface area contributed by atoms with Gasteiger partial charge >= 0.3 is 6.03 Å². The molecule has 3 rings (SSSR count). The molecule has 1 unspecified atom stereocenters. The van der Waals surface area contributed by atoms with Crippen molar-refractivity contribution in [3.05, 3.63) is 24.0 Å². The van der Waals surface area contributed by atoms with Crippen molar-refractivity contribution in [3.8, 4) is 5.75 Å². The number of likely N-dealkylation sites (tertiary alicyclic amines) is 1. The molecule has 3 heterocycles. The lowest BCUT2D eigenvalue weighted by Crippen LogP contribution is -2.59. The van der Waals surface area contributed by atoms with Crippen molar-refractivity contribution in [1.29, 1.82) is 0 Å². The van der Waals surface area contributed by atoms with Crippen molar-refractivity contribution < 1.29 is 19.5 Å². The maximum absolute atomic E-state index is 12.4. The SMILES string of the molecule is O=C1NC(=O)C2(CCCN(C(=O)c3ncccc3O)C2)N1. The van der Waals surface area contributed by atoms with Crippen LogP contribution in [0.3, 0.4) is 0 Å². The van der Waals surface area contributed by atoms with Crippen molar-refractivity contribution in [3.63, 3.8) is 0 Å². The molecule has 3 N–H and O–H groups in total. The van der Waals surface area contributed by atoms with Crippen LogP contribution < -0.4 is 10.6 Å². The first-order valence-electron chi connectivity index (χ1n) is 6.59. The topological polar surface area (TPSA) is 112 Å². The lowest BCUT2D eigenvalue weighted by Gasteiger charge is -2.37. The average molecular weight is 290 g/mol. The molecule has 8 nitrogen and oxygen atoms in total. The first kappa shape index (κ1) is 13.3. The van der Waals surface area contributed by atoms with Crippen LogP contribution >= 0.6 is 0 Å². The number of hydrogen-bond acceptors (Lipinski definition) is 5. The summed E-state index contributed by atoms with van der Waals surface area (Å²) in [5.41, 5.74) is -1.13. The third kappa shape index (κ3) is 2.18. The number of aromatic nitrogens is 1. The number of amides is 4. The van der Waals surface area contributed by atoms with Crippen LogP contribution in [0.4, 0.5) is 4.79 Å². The summed E-state index contributed by atoms with van der Waals surface area (Å²) in [5, 5.41) is 14.5. The normalized spacial score (nSPS) is 24.9. The number of aromatic hydroxyl groups is 1. The van der Waals surface area contributed by atoms with E-state index in [0.29, 0.717) is 19.4 Å². The summed E-state index contributed by atoms with van der Waals surface area (Å²) in [6, 6.07) is 2.35. The van der Waals surface area contributed by atoms with Gasteiger partial charge in [-0.25, -0.2) is 9.78 Å². The van der Waals surface area contributed by atoms with Gasteiger partial charge < -0.3 is 15.3 Å². The van der Waals surface area contributed by atoms with Crippen LogP contribution in [-0.4, -0.2) is 51.5 Å². The van der Waals surface area contributed by atoms with E-state index in [1.165, 1.54) is 23.2 Å². The number of pyridine rings is 1. The molecule has 21 heavy (non-hydrogen) atoms. The predicted octanol–water partition coefficient (Wildman–Crippen LogP) is -0.399. The molecule has 0 radical (unpaired) electrons. The summed E-state index contributed by atoms with van der Waals surface area (Å²) < 4.78 is 0. The van der Waals surface area contributed by atoms with E-state index >= 15 is 0 Å². The fraction of sp³-hybridized carbons (Fsp3) is 0.385. The van der Waals surface area contributed by atoms with E-state index in [1.54, 1.807) is 0 Å². The molecule has 0 saturated carbocycles. The van der Waals surface area contributed by atoms with E-state index in [9.17, 15) is 19.5 Å². The minimum Gasteiger partial charge on any atom is -0.505 e. The van der Waals surface area contributed by atoms with Crippen molar-refractivity contribution in [2.24, 2.45) is 0 Å². The van der Waals surface area contributed by atoms with E-state index in [0.717, 1.165) is 0 Å². The molecule has 1 spiro atoms. The molecule has 0 aromatic carbocycles. The number of nitrogens with one attached hydrogen (secondary N) is 2. The predicted molar refractivity (Wildman–Crippen MR) is 70.4 cm³/mol. The molecule has 1 aromatic heterocycles. The maximum Gasteiger partial charge on any atom is 0.322 e. The van der Waals surface area contributed by atoms with Gasteiger partial charge in [-0.05, 0) is 25.0 Å². The minimum atomic E-state index is -1.07. The first-order chi connectivity index (χ1) is 10.0. The lowest BCUT2D eigenvalue weighted by atomic mass is 9.89. The van der Waals surface area contributed by atoms with Crippen LogP contribution in [0.5, 0.6) is 5.75 Å². The van der Waals surface area contributed by atoms with Crippen molar-refractivity contribution in [1.82, 2.24) is 20.5 Å². The molecule has 2 saturated heterocycles. The Bertz CT molecular complexity index is 632. The third-order valence-corrected chi connectivity index (χ3v) is 3.78. The summed E-state index contributed by atoms with van der Waals surface area (Å²) in [6.45, 7) is 0.513. The number of piperidine rings is 1. The Kier molecular flexibility index (Phi) is 3.00. The number of carbonyl (C=O) groups is 3. The van der Waals surface area contributed by atoms with Gasteiger partial charge in [0, 0.05) is 12.7 Å². The number of urea groups is 1. The molecule has 0 aliphatic carbocycles. The number of rotatable bonds is 1. The van der Waals surface area contributed by atoms with Gasteiger partial charge in [0.15, 0.2) is 5.69 Å². The molecular weight excluding hydrogens is 276 g/mol. The smallest absolute Gasteiger partial charge is 0.322 e. The van der Waals surface area contributed by atoms with E-state index in [2.05, 4.69) is 15.6 Å². The molecule has 1 atom stereocenters. The van der Waals surface area contributed by atoms with Gasteiger partial charge in [-0.1, -0.05) is 0 Å². The van der Waals surface area contributed by atoms with Gasteiger partial charge in [0.25, 0.3) is 11.8 Å². The number of imide groups is 1. The summed E-state index contributed by atoms with van der Waals surface area (Å²) in [4.78, 5) is 41.0. The second kappa shape index (κ2) is 4.72. The Morgan fingerprint density at radius 2 is 2.24 bits per heavy atom. The standard InChI is InChI=1S/C13H14N4O4/c18-8-3-1-5-14-9(8)10(19)17-6-2-4-13(7-17)11(20)15-12(21)16-13/h1,3,5,18H,2,4,6-7H2,(H2,15,16,20,21). The second-order valence-corrected chi connectivity index (χ2v) is 5.19. The molecule has 4 amide bonds. The van der Waals surface area contributed by atoms with Gasteiger partial charge in [-0.2, -0.15) is 0 Å². The highest BCUT2D eigenvalue weighted by Gasteiger charge is 2.49. The van der Waals surface area contributed by atoms with Crippen molar-refractivity contribution in [2.75, 3.05) is 13.1 Å². The van der Waals surface area contributed by atoms with Gasteiger partial charge in [0.05, 0.1) is 6.54 Å². The fourth-order valence-electron chi connectivity index (χ4n) is 2.76. The molecule has 8 heteroatoms. The van der Waals surface area contributed by atoms with Crippen molar-refractivity contribution >= 4 is 17.8 Å². The van der Waals surface area contributed by atoms with Crippen LogP contribution in [0, 0.1) is 0 Å². The van der Waals surface area contributed by atoms with Crippen LogP contribution in [-0.2, 0) is 4.79 Å². The summed E-state index contributed by atoms with van der Waals surface area (Å²) in [6.07, 6.45) is 2.46. The first-order valence-corrected chi connectivity index (χ1v) is 6.59. The molecule has 0 bridgehead atoms. The Morgan fingerprint density at radius 1 is 1.43 bits per heavy atom. The number of hydrogen-bond donors (Lipinski definition) is 3. The van der Waals surface area contributed by atoms with E-state index in [1.807, 2.05) is 0 Å². The number of nitrogens with zero attached hydrogens (tertiary/aromatic N) is 2. The van der Waals surface area contributed by atoms with Crippen molar-refractivity contribution in [2.45, 2.75) is 18.4 Å². The van der Waals surface area contributed by atoms with Gasteiger partial charge in [-0.3, -0.25) is 14.9 Å². The van der Waals surface area contributed by atoms with E-state index in [-0.39, 0.29) is 18.0 Å². The van der Waals surface area contributed by atoms with Gasteiger partial charge in [0.1, 0.15) is 11.3 Å². The molecule has 1 aromatic rings. The molecule has 2 fully saturated rings. The molecule has 2 aliphatic rings. The van der Waals surface area contributed by atoms with E-state index in [4.69, 9.17) is 0 Å². The molecular formula is C13H14N4O4. The largest absolute Gasteiger partial charge is 0.505 e. The van der Waals surface area contributed by atoms with Gasteiger partial charge in [-0.15, -0.1) is 0 Å². The highest BCUT2D eigenvalue weighted by Crippen LogP contribution is 2.26. The lowest BCUT2D eigenvalue weighted by molar-refractivity contribution is -0.125. The summed E-state index contributed by atoms with van der Waals surface area (Å²) in [5.74, 6) is -1.08. The van der Waals surface area contributed by atoms with Gasteiger partial charge in [0.2, 0.25) is 0 Å². The second-order valence-electron chi connectivity index (χ2n) is 5.19. The monoisotopic (exact) mass is 290 g/mol. The average Bonchev–Trinajstić information content (AvgIpc) is 2.72. The Labute approximate surface area is 120 Å². The minimum absolute atomic E-state index is 0.0562. The summed E-state index contributed by atoms with van der Waals surface area (Å²) in [7, 11) is 0. The highest BCUT2D eigenvalue weighted by molar-refractivity contribution is 6.07. The molecule has 2 aliphatic heterocycles. The van der Waals surface area contributed by atoms with Crippen LogP contribution in [0.25, 0.3) is 0 Å². The summed E-state index contributed by atoms with van der Waals surface area (Å²) >= 11 is 0. The Hall–Kier alpha value is -2.64. The Morgan fingerprint density at radius 3 is 2.90 bits per heavy atom. The highest BCUT2D eigenvalue weighted by atomic mass is 16.3. The quantitative estimate of drug-likeness (QED) is 0.609. The zero-order chi connectivity index (χ0) is 15.0. The third-order valence-electron chi connectivity index (χ3n) is 3.78. The van der Waals surface area contributed by atoms with Crippen LogP contribution in [0.2, 0.25) is 0 Å². The fourth-order valence-corrected chi connectivity index (χ4v) is 2.76. The maximum atomic E-state index is 12.4. The zero-order valence-electron chi connectivity index (χ0n) is 11.1.